The summed E-state index contributed by atoms with van der Waals surface area (Å²) >= 11 is 6.02. The van der Waals surface area contributed by atoms with Gasteiger partial charge < -0.3 is 35.8 Å². The highest BCUT2D eigenvalue weighted by Gasteiger charge is 2.45. The molecule has 0 aliphatic heterocycles. The van der Waals surface area contributed by atoms with Crippen LogP contribution in [0.5, 0.6) is 11.8 Å². The number of ether oxygens (including phenoxy) is 2. The molecule has 18 nitrogen and oxygen atoms in total. The van der Waals surface area contributed by atoms with E-state index in [9.17, 15) is 37.5 Å². The lowest BCUT2D eigenvalue weighted by Gasteiger charge is -2.19. The van der Waals surface area contributed by atoms with Crippen LogP contribution >= 0.6 is 11.6 Å². The number of aliphatic carboxylic acids is 1. The fourth-order valence-electron chi connectivity index (χ4n) is 4.79. The number of carbonyl (C=O) groups excluding carboxylic acids is 3. The Hall–Kier alpha value is -7.03. The molecule has 0 spiro atoms. The lowest BCUT2D eigenvalue weighted by molar-refractivity contribution is -0.154. The van der Waals surface area contributed by atoms with Gasteiger partial charge in [0.15, 0.2) is 6.61 Å². The maximum Gasteiger partial charge on any atom is 0.422 e. The molecule has 1 aromatic heterocycles. The van der Waals surface area contributed by atoms with Crippen molar-refractivity contribution < 1.29 is 46.9 Å². The predicted molar refractivity (Wildman–Crippen MR) is 199 cm³/mol. The van der Waals surface area contributed by atoms with Gasteiger partial charge in [-0.25, -0.2) is 9.79 Å². The summed E-state index contributed by atoms with van der Waals surface area (Å²) in [6, 6.07) is 17.6. The minimum atomic E-state index is -4.66. The molecule has 3 amide bonds. The molecule has 0 radical (unpaired) electrons. The summed E-state index contributed by atoms with van der Waals surface area (Å²) in [6.07, 6.45) is -3.30. The van der Waals surface area contributed by atoms with Crippen LogP contribution in [0.25, 0.3) is 0 Å². The van der Waals surface area contributed by atoms with Gasteiger partial charge in [0.1, 0.15) is 11.5 Å². The van der Waals surface area contributed by atoms with E-state index in [1.807, 2.05) is 12.1 Å². The van der Waals surface area contributed by atoms with Crippen molar-refractivity contribution in [2.45, 2.75) is 31.5 Å². The van der Waals surface area contributed by atoms with Crippen molar-refractivity contribution in [1.29, 1.82) is 0 Å². The molecule has 296 valence electrons. The Bertz CT molecular complexity index is 2220. The van der Waals surface area contributed by atoms with Crippen LogP contribution in [-0.4, -0.2) is 81.7 Å². The molecule has 57 heavy (non-hydrogen) atoms. The maximum absolute atomic E-state index is 12.9. The van der Waals surface area contributed by atoms with Crippen molar-refractivity contribution in [3.63, 3.8) is 0 Å². The molecule has 22 heteroatoms. The highest BCUT2D eigenvalue weighted by Crippen LogP contribution is 2.48. The minimum absolute atomic E-state index is 0.0678. The summed E-state index contributed by atoms with van der Waals surface area (Å²) in [5, 5.41) is 31.1. The van der Waals surface area contributed by atoms with E-state index >= 15 is 0 Å². The third kappa shape index (κ3) is 12.2. The Labute approximate surface area is 325 Å². The Morgan fingerprint density at radius 2 is 1.54 bits per heavy atom. The Balaban J connectivity index is 1.21. The fourth-order valence-corrected chi connectivity index (χ4v) is 4.91. The number of aromatic nitrogens is 3. The predicted octanol–water partition coefficient (Wildman–Crippen LogP) is 5.53. The largest absolute Gasteiger partial charge is 0.477 e. The third-order valence-electron chi connectivity index (χ3n) is 7.62. The van der Waals surface area contributed by atoms with Gasteiger partial charge in [-0.1, -0.05) is 28.8 Å². The average Bonchev–Trinajstić information content (AvgIpc) is 3.95. The Kier molecular flexibility index (Phi) is 13.0. The number of aliphatic imine (C=N–C) groups is 1. The number of anilines is 4. The smallest absolute Gasteiger partial charge is 0.422 e. The van der Waals surface area contributed by atoms with Crippen LogP contribution in [0.1, 0.15) is 35.7 Å². The second-order valence-electron chi connectivity index (χ2n) is 11.9. The molecule has 0 atom stereocenters. The minimum Gasteiger partial charge on any atom is -0.477 e. The lowest BCUT2D eigenvalue weighted by atomic mass is 10.1. The van der Waals surface area contributed by atoms with Crippen molar-refractivity contribution >= 4 is 70.2 Å². The van der Waals surface area contributed by atoms with Crippen LogP contribution < -0.4 is 30.7 Å². The first kappa shape index (κ1) is 41.1. The van der Waals surface area contributed by atoms with Crippen LogP contribution in [0.15, 0.2) is 93.2 Å². The highest BCUT2D eigenvalue weighted by molar-refractivity contribution is 6.42. The summed E-state index contributed by atoms with van der Waals surface area (Å²) in [5.74, 6) is -4.66. The Morgan fingerprint density at radius 1 is 0.895 bits per heavy atom. The molecule has 1 heterocycles. The molecular formula is C35H31ClF3N11O7. The number of alkyl halides is 3. The summed E-state index contributed by atoms with van der Waals surface area (Å²) in [4.78, 5) is 65.3. The Morgan fingerprint density at radius 3 is 2.16 bits per heavy atom. The molecule has 0 unspecified atom stereocenters. The van der Waals surface area contributed by atoms with Crippen molar-refractivity contribution in [2.75, 3.05) is 36.1 Å². The first-order chi connectivity index (χ1) is 27.1. The molecule has 4 aromatic rings. The molecule has 1 saturated carbocycles. The molecule has 5 N–H and O–H groups in total. The van der Waals surface area contributed by atoms with Crippen molar-refractivity contribution in [3.05, 3.63) is 88.9 Å². The zero-order chi connectivity index (χ0) is 41.2. The monoisotopic (exact) mass is 809 g/mol. The number of carbonyl (C=O) groups is 4. The summed E-state index contributed by atoms with van der Waals surface area (Å²) in [7, 11) is 1.44. The lowest BCUT2D eigenvalue weighted by Crippen LogP contribution is -2.40. The normalized spacial score (nSPS) is 13.7. The molecule has 0 bridgehead atoms. The number of benzene rings is 3. The van der Waals surface area contributed by atoms with E-state index in [2.05, 4.69) is 56.7 Å². The van der Waals surface area contributed by atoms with Crippen molar-refractivity contribution in [2.24, 2.45) is 20.4 Å². The van der Waals surface area contributed by atoms with Gasteiger partial charge in [0.05, 0.1) is 19.1 Å². The van der Waals surface area contributed by atoms with Gasteiger partial charge in [-0.2, -0.15) is 33.2 Å². The zero-order valence-corrected chi connectivity index (χ0v) is 30.6. The second kappa shape index (κ2) is 18.1. The van der Waals surface area contributed by atoms with Crippen molar-refractivity contribution in [1.82, 2.24) is 20.3 Å². The number of hydrogen-bond acceptors (Lipinski definition) is 13. The molecular weight excluding hydrogens is 779 g/mol. The second-order valence-corrected chi connectivity index (χ2v) is 12.4. The highest BCUT2D eigenvalue weighted by atomic mass is 35.5. The van der Waals surface area contributed by atoms with Crippen LogP contribution in [-0.2, 0) is 19.9 Å². The first-order valence-electron chi connectivity index (χ1n) is 16.5. The van der Waals surface area contributed by atoms with Gasteiger partial charge in [-0.3, -0.25) is 14.4 Å². The number of rotatable bonds is 14. The molecule has 3 aromatic carbocycles. The van der Waals surface area contributed by atoms with Crippen LogP contribution in [0, 0.1) is 0 Å². The summed E-state index contributed by atoms with van der Waals surface area (Å²) < 4.78 is 49.0. The topological polar surface area (TPSA) is 243 Å². The number of hydrogen-bond donors (Lipinski definition) is 5. The first-order valence-corrected chi connectivity index (χ1v) is 16.9. The van der Waals surface area contributed by atoms with Gasteiger partial charge in [0, 0.05) is 28.9 Å². The van der Waals surface area contributed by atoms with E-state index in [0.717, 1.165) is 5.56 Å². The van der Waals surface area contributed by atoms with Crippen LogP contribution in [0.3, 0.4) is 0 Å². The average molecular weight is 810 g/mol. The van der Waals surface area contributed by atoms with Gasteiger partial charge in [-0.15, -0.1) is 0 Å². The fraction of sp³-hybridized carbons (Fsp3) is 0.229. The van der Waals surface area contributed by atoms with E-state index in [1.54, 1.807) is 19.1 Å². The van der Waals surface area contributed by atoms with Gasteiger partial charge >= 0.3 is 30.0 Å². The van der Waals surface area contributed by atoms with Crippen LogP contribution in [0.2, 0.25) is 5.02 Å². The van der Waals surface area contributed by atoms with E-state index in [4.69, 9.17) is 21.1 Å². The van der Waals surface area contributed by atoms with E-state index in [0.29, 0.717) is 23.6 Å². The van der Waals surface area contributed by atoms with Gasteiger partial charge in [-0.05, 0) is 84.3 Å². The molecule has 0 saturated heterocycles. The zero-order valence-electron chi connectivity index (χ0n) is 29.8. The molecule has 1 aliphatic carbocycles. The van der Waals surface area contributed by atoms with E-state index in [1.165, 1.54) is 55.6 Å². The number of nitrogens with zero attached hydrogens (tertiary/aromatic N) is 7. The number of halogens is 4. The maximum atomic E-state index is 12.9. The molecule has 5 rings (SSSR count). The molecule has 1 aliphatic rings. The third-order valence-corrected chi connectivity index (χ3v) is 7.88. The van der Waals surface area contributed by atoms with E-state index < -0.39 is 60.3 Å². The van der Waals surface area contributed by atoms with Gasteiger partial charge in [0.2, 0.25) is 17.8 Å². The van der Waals surface area contributed by atoms with E-state index in [-0.39, 0.29) is 34.7 Å². The number of carboxylic acid groups (broad SMARTS) is 1. The summed E-state index contributed by atoms with van der Waals surface area (Å²) in [6.45, 7) is -0.878. The molecule has 1 fully saturated rings. The van der Waals surface area contributed by atoms with Crippen LogP contribution in [0.4, 0.5) is 36.4 Å². The quantitative estimate of drug-likeness (QED) is 0.0347. The standard InChI is InChI=1S/C35H31ClF3N11O7/c1-19(49-50-40-2)57-25-13-11-23(12-14-25)42-29(53)28(52)41-17-26(30(54)55)44-27(51)20-3-9-24(10-4-20)43-31-45-32(47-33(46-31)56-18-35(37,38)39)48-34(15-16-34)21-5-7-22(36)8-6-21/h3-14H,15-18H2,1-2H3,(H,41,52)(H,42,53)(H,54,55)(H2,43,45,46,47,48)/b44-26-,49-19-,50-40-. The number of amides is 3. The number of carboxylic acids is 1. The SMILES string of the molecule is C/N=N\N=C(\C)Oc1ccc(NC(=O)C(=O)NC/C(=N/C(=O)c2ccc(Nc3nc(NC4(c5ccc(Cl)cc5)CC4)nc(OCC(F)(F)F)n3)cc2)C(=O)O)cc1. The van der Waals surface area contributed by atoms with Gasteiger partial charge in [0.25, 0.3) is 5.91 Å². The van der Waals surface area contributed by atoms with Crippen molar-refractivity contribution in [3.8, 4) is 11.8 Å². The summed E-state index contributed by atoms with van der Waals surface area (Å²) in [5.41, 5.74) is -0.0702. The number of nitrogens with one attached hydrogen (secondary N) is 4.